The van der Waals surface area contributed by atoms with E-state index in [0.717, 1.165) is 19.4 Å². The Balaban J connectivity index is 1.92. The molecular weight excluding hydrogens is 252 g/mol. The van der Waals surface area contributed by atoms with Crippen LogP contribution < -0.4 is 5.69 Å². The number of aromatic amines is 1. The van der Waals surface area contributed by atoms with Crippen molar-refractivity contribution in [1.82, 2.24) is 19.7 Å². The minimum atomic E-state index is -0.253. The molecule has 1 amide bonds. The Morgan fingerprint density at radius 1 is 1.56 bits per heavy atom. The molecule has 100 valence electrons. The van der Waals surface area contributed by atoms with Crippen LogP contribution in [-0.4, -0.2) is 43.9 Å². The second-order valence-electron chi connectivity index (χ2n) is 4.59. The van der Waals surface area contributed by atoms with Crippen LogP contribution in [0.1, 0.15) is 26.2 Å². The predicted octanol–water partition coefficient (Wildman–Crippen LogP) is 0.601. The van der Waals surface area contributed by atoms with Crippen LogP contribution in [0.5, 0.6) is 0 Å². The third-order valence-electron chi connectivity index (χ3n) is 3.29. The van der Waals surface area contributed by atoms with Crippen molar-refractivity contribution < 1.29 is 4.79 Å². The normalized spacial score (nSPS) is 20.1. The standard InChI is InChI=1S/C11H18N4O2S/c1-8-5-3-4-6-15(8)9(16)7-18-11-13-12-10(17)14(11)2/h8H,3-7H2,1-2H3,(H,12,17)/t8-/m0/s1. The zero-order valence-electron chi connectivity index (χ0n) is 10.7. The lowest BCUT2D eigenvalue weighted by atomic mass is 10.0. The second-order valence-corrected chi connectivity index (χ2v) is 5.53. The van der Waals surface area contributed by atoms with Gasteiger partial charge in [-0.2, -0.15) is 0 Å². The van der Waals surface area contributed by atoms with Crippen molar-refractivity contribution in [1.29, 1.82) is 0 Å². The van der Waals surface area contributed by atoms with Gasteiger partial charge < -0.3 is 4.90 Å². The number of piperidine rings is 1. The Morgan fingerprint density at radius 3 is 2.94 bits per heavy atom. The summed E-state index contributed by atoms with van der Waals surface area (Å²) in [4.78, 5) is 25.2. The summed E-state index contributed by atoms with van der Waals surface area (Å²) in [5.74, 6) is 0.463. The van der Waals surface area contributed by atoms with Gasteiger partial charge in [-0.1, -0.05) is 11.8 Å². The number of hydrogen-bond acceptors (Lipinski definition) is 4. The fourth-order valence-electron chi connectivity index (χ4n) is 2.14. The van der Waals surface area contributed by atoms with Gasteiger partial charge in [-0.3, -0.25) is 9.36 Å². The molecule has 6 nitrogen and oxygen atoms in total. The Morgan fingerprint density at radius 2 is 2.33 bits per heavy atom. The van der Waals surface area contributed by atoms with Gasteiger partial charge >= 0.3 is 5.69 Å². The van der Waals surface area contributed by atoms with Crippen LogP contribution >= 0.6 is 11.8 Å². The van der Waals surface area contributed by atoms with Gasteiger partial charge in [-0.25, -0.2) is 9.89 Å². The number of rotatable bonds is 3. The average molecular weight is 270 g/mol. The second kappa shape index (κ2) is 5.60. The summed E-state index contributed by atoms with van der Waals surface area (Å²) in [6, 6.07) is 0.329. The largest absolute Gasteiger partial charge is 0.343 e. The van der Waals surface area contributed by atoms with Crippen LogP contribution in [0.4, 0.5) is 0 Å². The first-order chi connectivity index (χ1) is 8.59. The van der Waals surface area contributed by atoms with E-state index >= 15 is 0 Å². The van der Waals surface area contributed by atoms with E-state index in [0.29, 0.717) is 17.0 Å². The average Bonchev–Trinajstić information content (AvgIpc) is 2.68. The number of H-pyrrole nitrogens is 1. The molecule has 2 rings (SSSR count). The van der Waals surface area contributed by atoms with Crippen molar-refractivity contribution >= 4 is 17.7 Å². The molecular formula is C11H18N4O2S. The van der Waals surface area contributed by atoms with Crippen molar-refractivity contribution in [2.24, 2.45) is 7.05 Å². The van der Waals surface area contributed by atoms with Crippen molar-refractivity contribution in [3.8, 4) is 0 Å². The van der Waals surface area contributed by atoms with Crippen molar-refractivity contribution in [2.45, 2.75) is 37.4 Å². The zero-order valence-corrected chi connectivity index (χ0v) is 11.5. The first-order valence-corrected chi connectivity index (χ1v) is 7.12. The summed E-state index contributed by atoms with van der Waals surface area (Å²) in [6.45, 7) is 2.94. The topological polar surface area (TPSA) is 71.0 Å². The van der Waals surface area contributed by atoms with Gasteiger partial charge in [0.2, 0.25) is 5.91 Å². The van der Waals surface area contributed by atoms with Crippen molar-refractivity contribution in [3.05, 3.63) is 10.5 Å². The van der Waals surface area contributed by atoms with Crippen molar-refractivity contribution in [3.63, 3.8) is 0 Å². The molecule has 2 heterocycles. The van der Waals surface area contributed by atoms with Crippen LogP contribution in [0.3, 0.4) is 0 Å². The zero-order chi connectivity index (χ0) is 13.1. The SMILES string of the molecule is C[C@H]1CCCCN1C(=O)CSc1n[nH]c(=O)n1C. The van der Waals surface area contributed by atoms with Crippen LogP contribution in [0.2, 0.25) is 0 Å². The number of aromatic nitrogens is 3. The molecule has 1 aromatic rings. The molecule has 1 N–H and O–H groups in total. The summed E-state index contributed by atoms with van der Waals surface area (Å²) in [6.07, 6.45) is 3.37. The van der Waals surface area contributed by atoms with E-state index in [1.54, 1.807) is 7.05 Å². The number of nitrogens with zero attached hydrogens (tertiary/aromatic N) is 3. The summed E-state index contributed by atoms with van der Waals surface area (Å²) in [5.41, 5.74) is -0.253. The number of carbonyl (C=O) groups excluding carboxylic acids is 1. The Labute approximate surface area is 110 Å². The molecule has 0 radical (unpaired) electrons. The van der Waals surface area contributed by atoms with Gasteiger partial charge in [-0.15, -0.1) is 5.10 Å². The molecule has 1 fully saturated rings. The molecule has 18 heavy (non-hydrogen) atoms. The van der Waals surface area contributed by atoms with Gasteiger partial charge in [0.1, 0.15) is 0 Å². The van der Waals surface area contributed by atoms with Crippen LogP contribution in [0.15, 0.2) is 9.95 Å². The van der Waals surface area contributed by atoms with Crippen LogP contribution in [-0.2, 0) is 11.8 Å². The molecule has 0 saturated carbocycles. The maximum atomic E-state index is 12.1. The van der Waals surface area contributed by atoms with Gasteiger partial charge in [0.25, 0.3) is 0 Å². The number of nitrogens with one attached hydrogen (secondary N) is 1. The molecule has 1 atom stereocenters. The molecule has 1 aliphatic rings. The molecule has 0 spiro atoms. The lowest BCUT2D eigenvalue weighted by Crippen LogP contribution is -2.43. The number of likely N-dealkylation sites (tertiary alicyclic amines) is 1. The van der Waals surface area contributed by atoms with E-state index in [-0.39, 0.29) is 11.6 Å². The third-order valence-corrected chi connectivity index (χ3v) is 4.30. The Kier molecular flexibility index (Phi) is 4.11. The van der Waals surface area contributed by atoms with Crippen LogP contribution in [0, 0.1) is 0 Å². The first-order valence-electron chi connectivity index (χ1n) is 6.13. The molecule has 7 heteroatoms. The van der Waals surface area contributed by atoms with E-state index in [1.165, 1.54) is 22.7 Å². The van der Waals surface area contributed by atoms with E-state index in [1.807, 2.05) is 4.90 Å². The van der Waals surface area contributed by atoms with E-state index in [4.69, 9.17) is 0 Å². The molecule has 1 saturated heterocycles. The van der Waals surface area contributed by atoms with Gasteiger partial charge in [0.05, 0.1) is 5.75 Å². The lowest BCUT2D eigenvalue weighted by Gasteiger charge is -2.33. The predicted molar refractivity (Wildman–Crippen MR) is 69.6 cm³/mol. The monoisotopic (exact) mass is 270 g/mol. The Hall–Kier alpha value is -1.24. The molecule has 0 unspecified atom stereocenters. The Bertz CT molecular complexity index is 482. The fourth-order valence-corrected chi connectivity index (χ4v) is 2.94. The molecule has 0 aliphatic carbocycles. The van der Waals surface area contributed by atoms with Gasteiger partial charge in [0.15, 0.2) is 5.16 Å². The molecule has 0 aromatic carbocycles. The summed E-state index contributed by atoms with van der Waals surface area (Å²) < 4.78 is 1.41. The smallest absolute Gasteiger partial charge is 0.339 e. The summed E-state index contributed by atoms with van der Waals surface area (Å²) in [5, 5.41) is 6.78. The maximum Gasteiger partial charge on any atom is 0.343 e. The molecule has 0 bridgehead atoms. The number of thioether (sulfide) groups is 1. The highest BCUT2D eigenvalue weighted by Gasteiger charge is 2.23. The highest BCUT2D eigenvalue weighted by Crippen LogP contribution is 2.19. The summed E-state index contributed by atoms with van der Waals surface area (Å²) >= 11 is 1.30. The lowest BCUT2D eigenvalue weighted by molar-refractivity contribution is -0.131. The van der Waals surface area contributed by atoms with E-state index in [9.17, 15) is 9.59 Å². The quantitative estimate of drug-likeness (QED) is 0.817. The molecule has 1 aromatic heterocycles. The van der Waals surface area contributed by atoms with E-state index < -0.39 is 0 Å². The van der Waals surface area contributed by atoms with Crippen LogP contribution in [0.25, 0.3) is 0 Å². The highest BCUT2D eigenvalue weighted by molar-refractivity contribution is 7.99. The minimum absolute atomic E-state index is 0.127. The van der Waals surface area contributed by atoms with E-state index in [2.05, 4.69) is 17.1 Å². The first kappa shape index (κ1) is 13.2. The summed E-state index contributed by atoms with van der Waals surface area (Å²) in [7, 11) is 1.64. The number of hydrogen-bond donors (Lipinski definition) is 1. The maximum absolute atomic E-state index is 12.1. The fraction of sp³-hybridized carbons (Fsp3) is 0.727. The minimum Gasteiger partial charge on any atom is -0.339 e. The number of carbonyl (C=O) groups is 1. The van der Waals surface area contributed by atoms with Crippen molar-refractivity contribution in [2.75, 3.05) is 12.3 Å². The van der Waals surface area contributed by atoms with Gasteiger partial charge in [-0.05, 0) is 26.2 Å². The third kappa shape index (κ3) is 2.77. The highest BCUT2D eigenvalue weighted by atomic mass is 32.2. The number of amides is 1. The van der Waals surface area contributed by atoms with Gasteiger partial charge in [0, 0.05) is 19.6 Å². The molecule has 1 aliphatic heterocycles.